The number of nitrogens with one attached hydrogen (secondary N) is 1. The molecular weight excluding hydrogens is 260 g/mol. The zero-order chi connectivity index (χ0) is 14.4. The summed E-state index contributed by atoms with van der Waals surface area (Å²) < 4.78 is 5.03. The fraction of sp³-hybridized carbons (Fsp3) is 0.571. The van der Waals surface area contributed by atoms with E-state index in [1.54, 1.807) is 12.1 Å². The van der Waals surface area contributed by atoms with Crippen molar-refractivity contribution >= 4 is 11.9 Å². The molecule has 0 unspecified atom stereocenters. The molecule has 20 heavy (non-hydrogen) atoms. The number of aliphatic carboxylic acids is 1. The van der Waals surface area contributed by atoms with E-state index in [1.807, 2.05) is 0 Å². The van der Waals surface area contributed by atoms with Gasteiger partial charge in [-0.1, -0.05) is 0 Å². The van der Waals surface area contributed by atoms with Gasteiger partial charge >= 0.3 is 5.97 Å². The third-order valence-corrected chi connectivity index (χ3v) is 3.65. The number of carbonyl (C=O) groups is 2. The first-order valence-electron chi connectivity index (χ1n) is 6.91. The molecule has 1 aromatic heterocycles. The van der Waals surface area contributed by atoms with Gasteiger partial charge in [0.25, 0.3) is 5.91 Å². The van der Waals surface area contributed by atoms with Crippen LogP contribution in [0.4, 0.5) is 0 Å². The second-order valence-corrected chi connectivity index (χ2v) is 5.12. The predicted octanol–water partition coefficient (Wildman–Crippen LogP) is 1.20. The van der Waals surface area contributed by atoms with E-state index in [4.69, 9.17) is 9.52 Å². The van der Waals surface area contributed by atoms with Gasteiger partial charge in [0.1, 0.15) is 0 Å². The van der Waals surface area contributed by atoms with Crippen molar-refractivity contribution in [1.82, 2.24) is 10.2 Å². The molecule has 1 fully saturated rings. The quantitative estimate of drug-likeness (QED) is 0.818. The van der Waals surface area contributed by atoms with Crippen LogP contribution in [0.2, 0.25) is 0 Å². The van der Waals surface area contributed by atoms with Crippen molar-refractivity contribution in [2.24, 2.45) is 5.92 Å². The number of furan rings is 1. The number of carbonyl (C=O) groups excluding carboxylic acids is 1. The van der Waals surface area contributed by atoms with Gasteiger partial charge in [-0.05, 0) is 44.0 Å². The molecule has 2 heterocycles. The molecule has 6 heteroatoms. The zero-order valence-electron chi connectivity index (χ0n) is 11.4. The van der Waals surface area contributed by atoms with Crippen molar-refractivity contribution in [3.63, 3.8) is 0 Å². The fourth-order valence-electron chi connectivity index (χ4n) is 2.40. The van der Waals surface area contributed by atoms with E-state index in [0.717, 1.165) is 25.9 Å². The molecule has 0 spiro atoms. The van der Waals surface area contributed by atoms with E-state index in [9.17, 15) is 9.59 Å². The van der Waals surface area contributed by atoms with Crippen LogP contribution < -0.4 is 5.32 Å². The Kier molecular flexibility index (Phi) is 5.17. The first kappa shape index (κ1) is 14.6. The maximum Gasteiger partial charge on any atom is 0.304 e. The molecule has 1 aliphatic heterocycles. The van der Waals surface area contributed by atoms with E-state index >= 15 is 0 Å². The number of hydrogen-bond donors (Lipinski definition) is 2. The fourth-order valence-corrected chi connectivity index (χ4v) is 2.40. The molecule has 6 nitrogen and oxygen atoms in total. The lowest BCUT2D eigenvalue weighted by Crippen LogP contribution is -2.39. The summed E-state index contributed by atoms with van der Waals surface area (Å²) in [4.78, 5) is 24.4. The average molecular weight is 280 g/mol. The molecule has 2 N–H and O–H groups in total. The van der Waals surface area contributed by atoms with E-state index in [-0.39, 0.29) is 12.3 Å². The van der Waals surface area contributed by atoms with Crippen LogP contribution in [0.5, 0.6) is 0 Å². The predicted molar refractivity (Wildman–Crippen MR) is 72.5 cm³/mol. The summed E-state index contributed by atoms with van der Waals surface area (Å²) in [6.45, 7) is 3.05. The highest BCUT2D eigenvalue weighted by atomic mass is 16.4. The minimum atomic E-state index is -0.752. The number of carboxylic acids is 1. The molecule has 0 aliphatic carbocycles. The van der Waals surface area contributed by atoms with Crippen molar-refractivity contribution in [1.29, 1.82) is 0 Å². The summed E-state index contributed by atoms with van der Waals surface area (Å²) in [5.41, 5.74) is 0. The van der Waals surface area contributed by atoms with E-state index in [2.05, 4.69) is 10.2 Å². The molecule has 0 bridgehead atoms. The van der Waals surface area contributed by atoms with Crippen molar-refractivity contribution < 1.29 is 19.1 Å². The van der Waals surface area contributed by atoms with Crippen molar-refractivity contribution in [2.45, 2.75) is 19.3 Å². The van der Waals surface area contributed by atoms with Gasteiger partial charge in [-0.2, -0.15) is 0 Å². The SMILES string of the molecule is O=C(O)CCN1CCC(CNC(=O)c2ccco2)CC1. The van der Waals surface area contributed by atoms with Gasteiger partial charge in [-0.3, -0.25) is 9.59 Å². The Hall–Kier alpha value is -1.82. The van der Waals surface area contributed by atoms with Crippen LogP contribution in [-0.2, 0) is 4.79 Å². The molecule has 1 amide bonds. The number of nitrogens with zero attached hydrogens (tertiary/aromatic N) is 1. The van der Waals surface area contributed by atoms with Crippen molar-refractivity contribution in [3.05, 3.63) is 24.2 Å². The van der Waals surface area contributed by atoms with Crippen molar-refractivity contribution in [3.8, 4) is 0 Å². The summed E-state index contributed by atoms with van der Waals surface area (Å²) >= 11 is 0. The smallest absolute Gasteiger partial charge is 0.304 e. The van der Waals surface area contributed by atoms with Gasteiger partial charge in [-0.15, -0.1) is 0 Å². The van der Waals surface area contributed by atoms with Gasteiger partial charge in [0.15, 0.2) is 5.76 Å². The molecule has 2 rings (SSSR count). The van der Waals surface area contributed by atoms with Gasteiger partial charge in [0, 0.05) is 13.1 Å². The summed E-state index contributed by atoms with van der Waals surface area (Å²) in [5, 5.41) is 11.5. The van der Waals surface area contributed by atoms with Crippen LogP contribution in [-0.4, -0.2) is 48.1 Å². The number of piperidine rings is 1. The Bertz CT molecular complexity index is 436. The Morgan fingerprint density at radius 2 is 2.15 bits per heavy atom. The molecule has 1 aliphatic rings. The lowest BCUT2D eigenvalue weighted by atomic mass is 9.96. The molecule has 0 atom stereocenters. The molecule has 0 aromatic carbocycles. The largest absolute Gasteiger partial charge is 0.481 e. The Morgan fingerprint density at radius 3 is 2.75 bits per heavy atom. The monoisotopic (exact) mass is 280 g/mol. The van der Waals surface area contributed by atoms with Crippen LogP contribution in [0.1, 0.15) is 29.8 Å². The molecule has 0 radical (unpaired) electrons. The van der Waals surface area contributed by atoms with Crippen LogP contribution in [0.15, 0.2) is 22.8 Å². The summed E-state index contributed by atoms with van der Waals surface area (Å²) in [6, 6.07) is 3.33. The van der Waals surface area contributed by atoms with E-state index < -0.39 is 5.97 Å². The Labute approximate surface area is 117 Å². The third-order valence-electron chi connectivity index (χ3n) is 3.65. The molecular formula is C14H20N2O4. The second kappa shape index (κ2) is 7.09. The van der Waals surface area contributed by atoms with Gasteiger partial charge in [-0.25, -0.2) is 0 Å². The topological polar surface area (TPSA) is 82.8 Å². The number of likely N-dealkylation sites (tertiary alicyclic amines) is 1. The highest BCUT2D eigenvalue weighted by Gasteiger charge is 2.20. The Morgan fingerprint density at radius 1 is 1.40 bits per heavy atom. The molecule has 110 valence electrons. The van der Waals surface area contributed by atoms with Crippen LogP contribution in [0, 0.1) is 5.92 Å². The highest BCUT2D eigenvalue weighted by Crippen LogP contribution is 2.16. The first-order valence-corrected chi connectivity index (χ1v) is 6.91. The average Bonchev–Trinajstić information content (AvgIpc) is 2.98. The number of amides is 1. The molecule has 1 saturated heterocycles. The number of rotatable bonds is 6. The van der Waals surface area contributed by atoms with Crippen LogP contribution in [0.25, 0.3) is 0 Å². The third kappa shape index (κ3) is 4.38. The summed E-state index contributed by atoms with van der Waals surface area (Å²) in [6.07, 6.45) is 3.64. The van der Waals surface area contributed by atoms with Gasteiger partial charge in [0.2, 0.25) is 0 Å². The molecule has 0 saturated carbocycles. The number of carboxylic acid groups (broad SMARTS) is 1. The highest BCUT2D eigenvalue weighted by molar-refractivity contribution is 5.91. The van der Waals surface area contributed by atoms with Gasteiger partial charge in [0.05, 0.1) is 12.7 Å². The van der Waals surface area contributed by atoms with Crippen LogP contribution >= 0.6 is 0 Å². The summed E-state index contributed by atoms with van der Waals surface area (Å²) in [7, 11) is 0. The lowest BCUT2D eigenvalue weighted by molar-refractivity contribution is -0.137. The summed E-state index contributed by atoms with van der Waals surface area (Å²) in [5.74, 6) is -0.139. The number of hydrogen-bond acceptors (Lipinski definition) is 4. The van der Waals surface area contributed by atoms with Gasteiger partial charge < -0.3 is 19.7 Å². The zero-order valence-corrected chi connectivity index (χ0v) is 11.4. The maximum absolute atomic E-state index is 11.7. The normalized spacial score (nSPS) is 17.0. The molecule has 1 aromatic rings. The second-order valence-electron chi connectivity index (χ2n) is 5.12. The Balaban J connectivity index is 1.64. The first-order chi connectivity index (χ1) is 9.65. The van der Waals surface area contributed by atoms with E-state index in [0.29, 0.717) is 24.8 Å². The van der Waals surface area contributed by atoms with Crippen LogP contribution in [0.3, 0.4) is 0 Å². The van der Waals surface area contributed by atoms with Crippen molar-refractivity contribution in [2.75, 3.05) is 26.2 Å². The minimum absolute atomic E-state index is 0.177. The minimum Gasteiger partial charge on any atom is -0.481 e. The standard InChI is InChI=1S/C14H20N2O4/c17-13(18)5-8-16-6-3-11(4-7-16)10-15-14(19)12-2-1-9-20-12/h1-2,9,11H,3-8,10H2,(H,15,19)(H,17,18). The van der Waals surface area contributed by atoms with E-state index in [1.165, 1.54) is 6.26 Å². The maximum atomic E-state index is 11.7. The lowest BCUT2D eigenvalue weighted by Gasteiger charge is -2.31.